The number of rotatable bonds is 5. The summed E-state index contributed by atoms with van der Waals surface area (Å²) in [5.74, 6) is 0.680. The van der Waals surface area contributed by atoms with E-state index in [1.54, 1.807) is 24.3 Å². The molecule has 2 rings (SSSR count). The van der Waals surface area contributed by atoms with E-state index >= 15 is 0 Å². The largest absolute Gasteiger partial charge is 0.435 e. The Kier molecular flexibility index (Phi) is 4.36. The fourth-order valence-corrected chi connectivity index (χ4v) is 2.46. The molecule has 0 bridgehead atoms. The molecule has 3 nitrogen and oxygen atoms in total. The third kappa shape index (κ3) is 3.32. The van der Waals surface area contributed by atoms with Crippen molar-refractivity contribution in [3.8, 4) is 5.75 Å². The number of hydrogen-bond donors (Lipinski definition) is 2. The summed E-state index contributed by atoms with van der Waals surface area (Å²) in [7, 11) is 0. The van der Waals surface area contributed by atoms with Crippen molar-refractivity contribution in [2.24, 2.45) is 11.7 Å². The standard InChI is InChI=1S/C13H18F2N2O/c14-13(15)18-11-6-4-10(5-7-11)17-12-3-1-2-9(12)8-16/h4-7,9,12-13,17H,1-3,8,16H2. The number of nitrogens with two attached hydrogens (primary N) is 1. The lowest BCUT2D eigenvalue weighted by molar-refractivity contribution is -0.0498. The highest BCUT2D eigenvalue weighted by molar-refractivity contribution is 5.47. The zero-order valence-corrected chi connectivity index (χ0v) is 10.1. The fraction of sp³-hybridized carbons (Fsp3) is 0.538. The number of halogens is 2. The Hall–Kier alpha value is -1.36. The predicted octanol–water partition coefficient (Wildman–Crippen LogP) is 2.83. The second-order valence-corrected chi connectivity index (χ2v) is 4.58. The zero-order chi connectivity index (χ0) is 13.0. The summed E-state index contributed by atoms with van der Waals surface area (Å²) >= 11 is 0. The van der Waals surface area contributed by atoms with E-state index in [2.05, 4.69) is 10.1 Å². The first-order valence-corrected chi connectivity index (χ1v) is 6.20. The van der Waals surface area contributed by atoms with Crippen molar-refractivity contribution < 1.29 is 13.5 Å². The van der Waals surface area contributed by atoms with Gasteiger partial charge in [0.1, 0.15) is 5.75 Å². The van der Waals surface area contributed by atoms with Crippen LogP contribution in [-0.2, 0) is 0 Å². The zero-order valence-electron chi connectivity index (χ0n) is 10.1. The summed E-state index contributed by atoms with van der Waals surface area (Å²) in [6.07, 6.45) is 3.45. The molecule has 1 saturated carbocycles. The molecule has 0 heterocycles. The van der Waals surface area contributed by atoms with Crippen molar-refractivity contribution in [1.82, 2.24) is 0 Å². The van der Waals surface area contributed by atoms with Crippen LogP contribution in [0.25, 0.3) is 0 Å². The average Bonchev–Trinajstić information content (AvgIpc) is 2.78. The minimum absolute atomic E-state index is 0.178. The summed E-state index contributed by atoms with van der Waals surface area (Å²) in [5.41, 5.74) is 6.63. The molecule has 0 aromatic heterocycles. The van der Waals surface area contributed by atoms with E-state index in [4.69, 9.17) is 5.73 Å². The van der Waals surface area contributed by atoms with Gasteiger partial charge in [-0.2, -0.15) is 8.78 Å². The maximum absolute atomic E-state index is 12.0. The molecule has 1 aliphatic carbocycles. The number of benzene rings is 1. The van der Waals surface area contributed by atoms with E-state index in [1.165, 1.54) is 6.42 Å². The fourth-order valence-electron chi connectivity index (χ4n) is 2.46. The van der Waals surface area contributed by atoms with Crippen molar-refractivity contribution >= 4 is 5.69 Å². The van der Waals surface area contributed by atoms with E-state index < -0.39 is 6.61 Å². The van der Waals surface area contributed by atoms with Gasteiger partial charge in [0, 0.05) is 11.7 Å². The van der Waals surface area contributed by atoms with Crippen molar-refractivity contribution in [2.45, 2.75) is 31.9 Å². The summed E-state index contributed by atoms with van der Waals surface area (Å²) in [6.45, 7) is -2.09. The molecule has 2 unspecified atom stereocenters. The lowest BCUT2D eigenvalue weighted by Crippen LogP contribution is -2.29. The molecular weight excluding hydrogens is 238 g/mol. The average molecular weight is 256 g/mol. The van der Waals surface area contributed by atoms with Crippen LogP contribution in [0.4, 0.5) is 14.5 Å². The molecule has 1 fully saturated rings. The van der Waals surface area contributed by atoms with Crippen molar-refractivity contribution in [3.63, 3.8) is 0 Å². The van der Waals surface area contributed by atoms with Gasteiger partial charge in [-0.3, -0.25) is 0 Å². The van der Waals surface area contributed by atoms with Gasteiger partial charge in [0.2, 0.25) is 0 Å². The van der Waals surface area contributed by atoms with Crippen LogP contribution < -0.4 is 15.8 Å². The van der Waals surface area contributed by atoms with Crippen LogP contribution in [0.5, 0.6) is 5.75 Å². The molecule has 1 aromatic rings. The third-order valence-corrected chi connectivity index (χ3v) is 3.39. The molecule has 2 atom stereocenters. The lowest BCUT2D eigenvalue weighted by Gasteiger charge is -2.20. The molecule has 0 saturated heterocycles. The normalized spacial score (nSPS) is 23.3. The molecule has 0 radical (unpaired) electrons. The highest BCUT2D eigenvalue weighted by Crippen LogP contribution is 2.28. The van der Waals surface area contributed by atoms with Crippen LogP contribution >= 0.6 is 0 Å². The molecule has 0 spiro atoms. The van der Waals surface area contributed by atoms with Crippen LogP contribution in [0.1, 0.15) is 19.3 Å². The van der Waals surface area contributed by atoms with Crippen LogP contribution in [0.15, 0.2) is 24.3 Å². The Bertz CT molecular complexity index is 370. The SMILES string of the molecule is NCC1CCCC1Nc1ccc(OC(F)F)cc1. The topological polar surface area (TPSA) is 47.3 Å². The highest BCUT2D eigenvalue weighted by Gasteiger charge is 2.25. The van der Waals surface area contributed by atoms with Gasteiger partial charge in [0.05, 0.1) is 0 Å². The molecule has 18 heavy (non-hydrogen) atoms. The number of ether oxygens (including phenoxy) is 1. The van der Waals surface area contributed by atoms with Gasteiger partial charge in [-0.1, -0.05) is 6.42 Å². The highest BCUT2D eigenvalue weighted by atomic mass is 19.3. The number of anilines is 1. The second-order valence-electron chi connectivity index (χ2n) is 4.58. The number of alkyl halides is 2. The van der Waals surface area contributed by atoms with Gasteiger partial charge < -0.3 is 15.8 Å². The minimum atomic E-state index is -2.78. The quantitative estimate of drug-likeness (QED) is 0.851. The Morgan fingerprint density at radius 2 is 2.00 bits per heavy atom. The molecule has 3 N–H and O–H groups in total. The third-order valence-electron chi connectivity index (χ3n) is 3.39. The summed E-state index contributed by atoms with van der Waals surface area (Å²) in [6, 6.07) is 6.98. The Morgan fingerprint density at radius 3 is 2.61 bits per heavy atom. The number of hydrogen-bond acceptors (Lipinski definition) is 3. The molecule has 0 amide bonds. The monoisotopic (exact) mass is 256 g/mol. The van der Waals surface area contributed by atoms with Gasteiger partial charge in [-0.05, 0) is 49.6 Å². The molecule has 100 valence electrons. The maximum Gasteiger partial charge on any atom is 0.387 e. The van der Waals surface area contributed by atoms with Gasteiger partial charge in [0.15, 0.2) is 0 Å². The van der Waals surface area contributed by atoms with E-state index in [-0.39, 0.29) is 5.75 Å². The first-order valence-electron chi connectivity index (χ1n) is 6.20. The van der Waals surface area contributed by atoms with Gasteiger partial charge in [-0.25, -0.2) is 0 Å². The van der Waals surface area contributed by atoms with Gasteiger partial charge in [-0.15, -0.1) is 0 Å². The molecular formula is C13H18F2N2O. The molecule has 0 aliphatic heterocycles. The molecule has 5 heteroatoms. The van der Waals surface area contributed by atoms with Crippen LogP contribution in [0.2, 0.25) is 0 Å². The van der Waals surface area contributed by atoms with Gasteiger partial charge in [0.25, 0.3) is 0 Å². The van der Waals surface area contributed by atoms with Crippen molar-refractivity contribution in [3.05, 3.63) is 24.3 Å². The summed E-state index contributed by atoms with van der Waals surface area (Å²) in [4.78, 5) is 0. The summed E-state index contributed by atoms with van der Waals surface area (Å²) in [5, 5.41) is 3.40. The van der Waals surface area contributed by atoms with E-state index in [0.29, 0.717) is 18.5 Å². The first-order chi connectivity index (χ1) is 8.69. The Balaban J connectivity index is 1.93. The van der Waals surface area contributed by atoms with E-state index in [0.717, 1.165) is 18.5 Å². The van der Waals surface area contributed by atoms with E-state index in [9.17, 15) is 8.78 Å². The minimum Gasteiger partial charge on any atom is -0.435 e. The smallest absolute Gasteiger partial charge is 0.387 e. The predicted molar refractivity (Wildman–Crippen MR) is 66.9 cm³/mol. The summed E-state index contributed by atoms with van der Waals surface area (Å²) < 4.78 is 28.3. The van der Waals surface area contributed by atoms with Crippen LogP contribution in [0, 0.1) is 5.92 Å². The Morgan fingerprint density at radius 1 is 1.28 bits per heavy atom. The first kappa shape index (κ1) is 13.1. The number of nitrogens with one attached hydrogen (secondary N) is 1. The molecule has 1 aliphatic rings. The second kappa shape index (κ2) is 6.00. The Labute approximate surface area is 105 Å². The van der Waals surface area contributed by atoms with Crippen molar-refractivity contribution in [2.75, 3.05) is 11.9 Å². The maximum atomic E-state index is 12.0. The molecule has 1 aromatic carbocycles. The van der Waals surface area contributed by atoms with E-state index in [1.807, 2.05) is 0 Å². The van der Waals surface area contributed by atoms with Gasteiger partial charge >= 0.3 is 6.61 Å². The van der Waals surface area contributed by atoms with Crippen molar-refractivity contribution in [1.29, 1.82) is 0 Å². The lowest BCUT2D eigenvalue weighted by atomic mass is 10.0. The van der Waals surface area contributed by atoms with Crippen LogP contribution in [0.3, 0.4) is 0 Å². The van der Waals surface area contributed by atoms with Crippen LogP contribution in [-0.4, -0.2) is 19.2 Å².